The number of esters is 1. The molecule has 3 atom stereocenters. The van der Waals surface area contributed by atoms with Gasteiger partial charge >= 0.3 is 12.7 Å². The number of likely N-dealkylation sites (N-methyl/N-ethyl adjacent to an activating group) is 1. The standard InChI is InChI=1S/C23H26BFNO4/c1-5-19-21(16-9-7-15(3)8-10-16)29-24(26(19)4)14-13-17-11-12-18(25)20(22(17)30-24)23(27)28-6-2/h7-14,19,21H,5-6H2,1-4H3/q-1/t19-,21-,24?/m0/s1. The van der Waals surface area contributed by atoms with Crippen molar-refractivity contribution in [3.63, 3.8) is 0 Å². The number of carbonyl (C=O) groups excluding carboxylic acids is 1. The van der Waals surface area contributed by atoms with Gasteiger partial charge in [-0.15, -0.1) is 0 Å². The van der Waals surface area contributed by atoms with E-state index < -0.39 is 18.5 Å². The topological polar surface area (TPSA) is 48.0 Å². The predicted molar refractivity (Wildman–Crippen MR) is 115 cm³/mol. The van der Waals surface area contributed by atoms with Gasteiger partial charge in [-0.2, -0.15) is 5.98 Å². The van der Waals surface area contributed by atoms with Crippen molar-refractivity contribution in [3.8, 4) is 5.75 Å². The highest BCUT2D eigenvalue weighted by atomic mass is 19.1. The normalized spacial score (nSPS) is 25.2. The van der Waals surface area contributed by atoms with Crippen LogP contribution in [0.3, 0.4) is 0 Å². The third-order valence-corrected chi connectivity index (χ3v) is 6.03. The fourth-order valence-electron chi connectivity index (χ4n) is 4.39. The van der Waals surface area contributed by atoms with Crippen molar-refractivity contribution in [3.05, 3.63) is 70.4 Å². The minimum atomic E-state index is -2.06. The summed E-state index contributed by atoms with van der Waals surface area (Å²) in [5.74, 6) is 0.640. The maximum atomic E-state index is 14.6. The summed E-state index contributed by atoms with van der Waals surface area (Å²) in [6, 6.07) is 11.2. The molecule has 30 heavy (non-hydrogen) atoms. The molecule has 1 unspecified atom stereocenters. The average molecular weight is 410 g/mol. The zero-order valence-corrected chi connectivity index (χ0v) is 17.7. The maximum absolute atomic E-state index is 14.6. The van der Waals surface area contributed by atoms with Crippen molar-refractivity contribution < 1.29 is 23.2 Å². The lowest BCUT2D eigenvalue weighted by Crippen LogP contribution is -2.56. The first-order valence-corrected chi connectivity index (χ1v) is 10.4. The van der Waals surface area contributed by atoms with Gasteiger partial charge in [0.05, 0.1) is 18.5 Å². The Morgan fingerprint density at radius 3 is 2.60 bits per heavy atom. The van der Waals surface area contributed by atoms with Crippen molar-refractivity contribution >= 4 is 18.7 Å². The minimum absolute atomic E-state index is 0.0681. The number of carbonyl (C=O) groups is 1. The molecule has 2 aliphatic rings. The molecule has 1 fully saturated rings. The number of fused-ring (bicyclic) bond motifs is 1. The first-order valence-electron chi connectivity index (χ1n) is 10.4. The number of nitrogens with zero attached hydrogens (tertiary/aromatic N) is 1. The van der Waals surface area contributed by atoms with Crippen LogP contribution >= 0.6 is 0 Å². The fourth-order valence-corrected chi connectivity index (χ4v) is 4.39. The number of ether oxygens (including phenoxy) is 1. The SMILES string of the molecule is CCOC(=O)c1c(F)ccc2c1O[B-]1(C=C2)O[C@@H](c2ccc(C)cc2)[C@H](CC)N1C. The zero-order chi connectivity index (χ0) is 21.5. The molecule has 0 aliphatic carbocycles. The molecule has 2 aromatic carbocycles. The van der Waals surface area contributed by atoms with Gasteiger partial charge in [0.2, 0.25) is 0 Å². The predicted octanol–water partition coefficient (Wildman–Crippen LogP) is 4.68. The molecule has 1 spiro atoms. The number of aryl methyl sites for hydroxylation is 1. The third-order valence-electron chi connectivity index (χ3n) is 6.03. The molecule has 0 N–H and O–H groups in total. The second-order valence-corrected chi connectivity index (χ2v) is 7.87. The third kappa shape index (κ3) is 3.32. The van der Waals surface area contributed by atoms with Crippen LogP contribution in [0.5, 0.6) is 5.75 Å². The van der Waals surface area contributed by atoms with Crippen LogP contribution in [0.4, 0.5) is 4.39 Å². The van der Waals surface area contributed by atoms with Crippen LogP contribution in [-0.4, -0.2) is 37.2 Å². The van der Waals surface area contributed by atoms with Crippen molar-refractivity contribution in [1.29, 1.82) is 0 Å². The Balaban J connectivity index is 1.74. The van der Waals surface area contributed by atoms with E-state index in [1.807, 2.05) is 26.0 Å². The number of hydrogen-bond acceptors (Lipinski definition) is 5. The molecule has 1 saturated heterocycles. The van der Waals surface area contributed by atoms with Gasteiger partial charge < -0.3 is 18.9 Å². The Bertz CT molecular complexity index is 993. The Kier molecular flexibility index (Phi) is 5.43. The van der Waals surface area contributed by atoms with Gasteiger partial charge in [0.15, 0.2) is 0 Å². The number of rotatable bonds is 4. The fraction of sp³-hybridized carbons (Fsp3) is 0.348. The van der Waals surface area contributed by atoms with Crippen molar-refractivity contribution in [2.45, 2.75) is 39.3 Å². The van der Waals surface area contributed by atoms with E-state index in [0.29, 0.717) is 5.56 Å². The van der Waals surface area contributed by atoms with E-state index >= 15 is 0 Å². The molecule has 4 rings (SSSR count). The summed E-state index contributed by atoms with van der Waals surface area (Å²) in [4.78, 5) is 14.5. The summed E-state index contributed by atoms with van der Waals surface area (Å²) < 4.78 is 32.5. The van der Waals surface area contributed by atoms with Crippen LogP contribution in [0.2, 0.25) is 0 Å². The van der Waals surface area contributed by atoms with Crippen LogP contribution in [0.1, 0.15) is 53.4 Å². The molecule has 0 bridgehead atoms. The highest BCUT2D eigenvalue weighted by Gasteiger charge is 2.48. The lowest BCUT2D eigenvalue weighted by Gasteiger charge is -2.44. The molecule has 2 aliphatic heterocycles. The summed E-state index contributed by atoms with van der Waals surface area (Å²) >= 11 is 0. The van der Waals surface area contributed by atoms with E-state index in [9.17, 15) is 9.18 Å². The summed E-state index contributed by atoms with van der Waals surface area (Å²) in [5.41, 5.74) is 2.67. The monoisotopic (exact) mass is 410 g/mol. The Morgan fingerprint density at radius 1 is 1.20 bits per heavy atom. The van der Waals surface area contributed by atoms with Gasteiger partial charge in [-0.05, 0) is 45.0 Å². The minimum Gasteiger partial charge on any atom is -0.675 e. The van der Waals surface area contributed by atoms with Crippen LogP contribution < -0.4 is 4.65 Å². The first-order chi connectivity index (χ1) is 14.4. The van der Waals surface area contributed by atoms with Crippen molar-refractivity contribution in [1.82, 2.24) is 4.81 Å². The molecule has 5 nitrogen and oxygen atoms in total. The second kappa shape index (κ2) is 7.89. The molecule has 2 aromatic rings. The van der Waals surface area contributed by atoms with Crippen LogP contribution in [0, 0.1) is 12.7 Å². The highest BCUT2D eigenvalue weighted by molar-refractivity contribution is 6.72. The van der Waals surface area contributed by atoms with E-state index in [2.05, 4.69) is 36.0 Å². The van der Waals surface area contributed by atoms with Gasteiger partial charge in [-0.1, -0.05) is 42.8 Å². The molecule has 0 saturated carbocycles. The molecular formula is C23H26BFNO4-. The van der Waals surface area contributed by atoms with Crippen LogP contribution in [-0.2, 0) is 9.39 Å². The summed E-state index contributed by atoms with van der Waals surface area (Å²) in [6.45, 7) is 3.92. The number of benzene rings is 2. The summed E-state index contributed by atoms with van der Waals surface area (Å²) in [5, 5.41) is 0. The molecule has 0 amide bonds. The van der Waals surface area contributed by atoms with Gasteiger partial charge in [-0.3, -0.25) is 0 Å². The lowest BCUT2D eigenvalue weighted by molar-refractivity contribution is 0.0517. The van der Waals surface area contributed by atoms with Gasteiger partial charge in [0.25, 0.3) is 0 Å². The van der Waals surface area contributed by atoms with Crippen LogP contribution in [0.15, 0.2) is 42.4 Å². The highest BCUT2D eigenvalue weighted by Crippen LogP contribution is 2.44. The largest absolute Gasteiger partial charge is 0.675 e. The molecule has 0 radical (unpaired) electrons. The Labute approximate surface area is 176 Å². The van der Waals surface area contributed by atoms with Gasteiger partial charge in [0.1, 0.15) is 11.4 Å². The van der Waals surface area contributed by atoms with E-state index in [0.717, 1.165) is 12.0 Å². The molecule has 158 valence electrons. The molecule has 7 heteroatoms. The van der Waals surface area contributed by atoms with Gasteiger partial charge in [-0.25, -0.2) is 9.18 Å². The van der Waals surface area contributed by atoms with Crippen LogP contribution in [0.25, 0.3) is 6.08 Å². The second-order valence-electron chi connectivity index (χ2n) is 7.87. The number of hydrogen-bond donors (Lipinski definition) is 0. The van der Waals surface area contributed by atoms with E-state index in [1.54, 1.807) is 13.0 Å². The van der Waals surface area contributed by atoms with Crippen molar-refractivity contribution in [2.75, 3.05) is 13.7 Å². The quantitative estimate of drug-likeness (QED) is 0.541. The smallest absolute Gasteiger partial charge is 0.396 e. The van der Waals surface area contributed by atoms with E-state index in [4.69, 9.17) is 14.0 Å². The number of halogens is 1. The van der Waals surface area contributed by atoms with E-state index in [1.165, 1.54) is 11.6 Å². The molecule has 2 heterocycles. The average Bonchev–Trinajstić information content (AvgIpc) is 2.99. The Morgan fingerprint density at radius 2 is 1.93 bits per heavy atom. The first kappa shape index (κ1) is 20.6. The maximum Gasteiger partial charge on any atom is 0.396 e. The summed E-state index contributed by atoms with van der Waals surface area (Å²) in [6.07, 6.45) is 2.48. The van der Waals surface area contributed by atoms with E-state index in [-0.39, 0.29) is 30.1 Å². The Hall–Kier alpha value is -2.64. The molecular weight excluding hydrogens is 384 g/mol. The summed E-state index contributed by atoms with van der Waals surface area (Å²) in [7, 11) is 1.95. The lowest BCUT2D eigenvalue weighted by atomic mass is 9.67. The zero-order valence-electron chi connectivity index (χ0n) is 17.7. The molecule has 0 aromatic heterocycles. The van der Waals surface area contributed by atoms with Gasteiger partial charge in [0, 0.05) is 11.6 Å². The van der Waals surface area contributed by atoms with Crippen molar-refractivity contribution in [2.24, 2.45) is 0 Å².